The number of para-hydroxylation sites is 1. The van der Waals surface area contributed by atoms with Crippen molar-refractivity contribution < 1.29 is 4.42 Å². The molecule has 1 aromatic heterocycles. The van der Waals surface area contributed by atoms with Gasteiger partial charge in [-0.25, -0.2) is 0 Å². The lowest BCUT2D eigenvalue weighted by atomic mass is 9.90. The molecule has 0 radical (unpaired) electrons. The number of anilines is 3. The Labute approximate surface area is 312 Å². The molecule has 0 atom stereocenters. The molecule has 2 nitrogen and oxygen atoms in total. The quantitative estimate of drug-likeness (QED) is 0.168. The summed E-state index contributed by atoms with van der Waals surface area (Å²) in [5.74, 6) is 0. The average molecular weight is 688 g/mol. The van der Waals surface area contributed by atoms with E-state index in [0.717, 1.165) is 33.6 Å². The Bertz CT molecular complexity index is 3210. The molecule has 0 N–H and O–H groups in total. The highest BCUT2D eigenvalue weighted by Gasteiger charge is 2.18. The zero-order valence-corrected chi connectivity index (χ0v) is 29.4. The summed E-state index contributed by atoms with van der Waals surface area (Å²) in [6, 6.07) is 72.2. The lowest BCUT2D eigenvalue weighted by Gasteiger charge is -2.27. The molecule has 0 amide bonds. The third-order valence-electron chi connectivity index (χ3n) is 11.0. The molecule has 10 aromatic carbocycles. The third kappa shape index (κ3) is 4.81. The van der Waals surface area contributed by atoms with Crippen molar-refractivity contribution in [3.8, 4) is 22.3 Å². The lowest BCUT2D eigenvalue weighted by Crippen LogP contribution is -2.10. The number of rotatable bonds is 5. The number of furan rings is 1. The standard InChI is InChI=1S/C52H33NO/c1-2-12-34(13-3-1)37-16-10-17-40(32-37)53(48-22-11-15-36-14-4-5-18-41(36)48)39-27-24-35(25-28-39)38-26-29-43-42-19-6-7-20-44(42)51-45(47(43)33-38)30-31-50-52(51)46-21-8-9-23-49(46)54-50/h1-33H. The molecule has 0 spiro atoms. The molecule has 1 heterocycles. The Balaban J connectivity index is 1.08. The number of benzene rings is 10. The van der Waals surface area contributed by atoms with Gasteiger partial charge in [0.2, 0.25) is 0 Å². The van der Waals surface area contributed by atoms with Crippen LogP contribution in [0.4, 0.5) is 17.1 Å². The molecule has 0 bridgehead atoms. The van der Waals surface area contributed by atoms with Gasteiger partial charge in [0, 0.05) is 32.9 Å². The second-order valence-corrected chi connectivity index (χ2v) is 14.1. The van der Waals surface area contributed by atoms with E-state index in [4.69, 9.17) is 4.42 Å². The summed E-state index contributed by atoms with van der Waals surface area (Å²) in [5, 5.41) is 12.2. The molecule has 0 saturated carbocycles. The molecule has 0 aliphatic carbocycles. The fourth-order valence-electron chi connectivity index (χ4n) is 8.53. The van der Waals surface area contributed by atoms with Gasteiger partial charge in [-0.15, -0.1) is 0 Å². The van der Waals surface area contributed by atoms with Gasteiger partial charge in [-0.05, 0) is 109 Å². The van der Waals surface area contributed by atoms with Crippen LogP contribution < -0.4 is 4.90 Å². The fraction of sp³-hybridized carbons (Fsp3) is 0. The molecular formula is C52H33NO. The van der Waals surface area contributed by atoms with Crippen LogP contribution in [0.3, 0.4) is 0 Å². The van der Waals surface area contributed by atoms with Gasteiger partial charge >= 0.3 is 0 Å². The first-order chi connectivity index (χ1) is 26.8. The number of nitrogens with zero attached hydrogens (tertiary/aromatic N) is 1. The van der Waals surface area contributed by atoms with E-state index in [1.807, 2.05) is 6.07 Å². The second-order valence-electron chi connectivity index (χ2n) is 14.1. The van der Waals surface area contributed by atoms with Crippen molar-refractivity contribution in [2.45, 2.75) is 0 Å². The van der Waals surface area contributed by atoms with Crippen molar-refractivity contribution in [3.05, 3.63) is 200 Å². The van der Waals surface area contributed by atoms with Gasteiger partial charge in [0.05, 0.1) is 5.69 Å². The maximum absolute atomic E-state index is 6.36. The largest absolute Gasteiger partial charge is 0.456 e. The van der Waals surface area contributed by atoms with Gasteiger partial charge in [-0.2, -0.15) is 0 Å². The van der Waals surface area contributed by atoms with Crippen LogP contribution in [0.25, 0.3) is 87.3 Å². The normalized spacial score (nSPS) is 11.7. The van der Waals surface area contributed by atoms with Gasteiger partial charge in [0.25, 0.3) is 0 Å². The topological polar surface area (TPSA) is 16.4 Å². The van der Waals surface area contributed by atoms with Crippen molar-refractivity contribution in [1.82, 2.24) is 0 Å². The Morgan fingerprint density at radius 3 is 1.76 bits per heavy atom. The van der Waals surface area contributed by atoms with Crippen LogP contribution in [-0.4, -0.2) is 0 Å². The van der Waals surface area contributed by atoms with Crippen LogP contribution in [0.15, 0.2) is 205 Å². The van der Waals surface area contributed by atoms with E-state index in [1.54, 1.807) is 0 Å². The summed E-state index contributed by atoms with van der Waals surface area (Å²) < 4.78 is 6.36. The van der Waals surface area contributed by atoms with Gasteiger partial charge in [-0.3, -0.25) is 0 Å². The minimum atomic E-state index is 0.919. The Hall–Kier alpha value is -7.16. The smallest absolute Gasteiger partial charge is 0.136 e. The first-order valence-electron chi connectivity index (χ1n) is 18.5. The zero-order valence-electron chi connectivity index (χ0n) is 29.4. The zero-order chi connectivity index (χ0) is 35.6. The van der Waals surface area contributed by atoms with Gasteiger partial charge in [0.1, 0.15) is 11.2 Å². The van der Waals surface area contributed by atoms with E-state index < -0.39 is 0 Å². The van der Waals surface area contributed by atoms with Crippen LogP contribution >= 0.6 is 0 Å². The van der Waals surface area contributed by atoms with Gasteiger partial charge < -0.3 is 9.32 Å². The highest BCUT2D eigenvalue weighted by atomic mass is 16.3. The maximum atomic E-state index is 6.36. The molecule has 0 unspecified atom stereocenters. The first-order valence-corrected chi connectivity index (χ1v) is 18.5. The summed E-state index contributed by atoms with van der Waals surface area (Å²) in [4.78, 5) is 2.39. The molecule has 0 aliphatic rings. The molecule has 0 aliphatic heterocycles. The molecule has 11 aromatic rings. The molecule has 11 rings (SSSR count). The summed E-state index contributed by atoms with van der Waals surface area (Å²) in [6.45, 7) is 0. The van der Waals surface area contributed by atoms with E-state index >= 15 is 0 Å². The minimum Gasteiger partial charge on any atom is -0.456 e. The predicted molar refractivity (Wildman–Crippen MR) is 229 cm³/mol. The molecule has 2 heteroatoms. The molecule has 0 saturated heterocycles. The van der Waals surface area contributed by atoms with E-state index in [0.29, 0.717) is 0 Å². The first kappa shape index (κ1) is 30.5. The molecular weight excluding hydrogens is 655 g/mol. The van der Waals surface area contributed by atoms with Crippen LogP contribution in [-0.2, 0) is 0 Å². The Kier molecular flexibility index (Phi) is 6.90. The summed E-state index contributed by atoms with van der Waals surface area (Å²) >= 11 is 0. The highest BCUT2D eigenvalue weighted by molar-refractivity contribution is 6.34. The van der Waals surface area contributed by atoms with Gasteiger partial charge in [-0.1, -0.05) is 146 Å². The van der Waals surface area contributed by atoms with Crippen molar-refractivity contribution >= 4 is 82.1 Å². The highest BCUT2D eigenvalue weighted by Crippen LogP contribution is 2.44. The molecule has 252 valence electrons. The number of hydrogen-bond acceptors (Lipinski definition) is 2. The maximum Gasteiger partial charge on any atom is 0.136 e. The monoisotopic (exact) mass is 687 g/mol. The van der Waals surface area contributed by atoms with E-state index in [9.17, 15) is 0 Å². The summed E-state index contributed by atoms with van der Waals surface area (Å²) in [5.41, 5.74) is 9.95. The van der Waals surface area contributed by atoms with E-state index in [-0.39, 0.29) is 0 Å². The van der Waals surface area contributed by atoms with Crippen LogP contribution in [0.2, 0.25) is 0 Å². The van der Waals surface area contributed by atoms with Gasteiger partial charge in [0.15, 0.2) is 0 Å². The third-order valence-corrected chi connectivity index (χ3v) is 11.0. The van der Waals surface area contributed by atoms with Crippen molar-refractivity contribution in [1.29, 1.82) is 0 Å². The summed E-state index contributed by atoms with van der Waals surface area (Å²) in [6.07, 6.45) is 0. The van der Waals surface area contributed by atoms with Crippen molar-refractivity contribution in [3.63, 3.8) is 0 Å². The Morgan fingerprint density at radius 2 is 0.889 bits per heavy atom. The van der Waals surface area contributed by atoms with Crippen molar-refractivity contribution in [2.75, 3.05) is 4.90 Å². The average Bonchev–Trinajstić information content (AvgIpc) is 3.63. The van der Waals surface area contributed by atoms with E-state index in [1.165, 1.54) is 70.7 Å². The SMILES string of the molecule is c1ccc(-c2cccc(N(c3ccc(-c4ccc5c6ccccc6c6c(ccc7oc8ccccc8c76)c5c4)cc3)c3cccc4ccccc34)c2)cc1. The predicted octanol–water partition coefficient (Wildman–Crippen LogP) is 15.0. The fourth-order valence-corrected chi connectivity index (χ4v) is 8.53. The molecule has 54 heavy (non-hydrogen) atoms. The lowest BCUT2D eigenvalue weighted by molar-refractivity contribution is 0.669. The summed E-state index contributed by atoms with van der Waals surface area (Å²) in [7, 11) is 0. The molecule has 0 fully saturated rings. The van der Waals surface area contributed by atoms with Crippen LogP contribution in [0.5, 0.6) is 0 Å². The number of hydrogen-bond donors (Lipinski definition) is 0. The number of fused-ring (bicyclic) bond motifs is 11. The van der Waals surface area contributed by atoms with E-state index in [2.05, 4.69) is 199 Å². The minimum absolute atomic E-state index is 0.919. The van der Waals surface area contributed by atoms with Crippen LogP contribution in [0.1, 0.15) is 0 Å². The van der Waals surface area contributed by atoms with Crippen LogP contribution in [0, 0.1) is 0 Å². The van der Waals surface area contributed by atoms with Crippen molar-refractivity contribution in [2.24, 2.45) is 0 Å². The second kappa shape index (κ2) is 12.2. The Morgan fingerprint density at radius 1 is 0.296 bits per heavy atom.